The summed E-state index contributed by atoms with van der Waals surface area (Å²) in [7, 11) is 0. The molecule has 1 atom stereocenters. The molecule has 28 heavy (non-hydrogen) atoms. The van der Waals surface area contributed by atoms with E-state index in [4.69, 9.17) is 4.74 Å². The molecule has 1 saturated heterocycles. The van der Waals surface area contributed by atoms with Gasteiger partial charge in [-0.1, -0.05) is 49.4 Å². The van der Waals surface area contributed by atoms with E-state index in [0.29, 0.717) is 37.8 Å². The first-order chi connectivity index (χ1) is 13.5. The fourth-order valence-electron chi connectivity index (χ4n) is 3.44. The van der Waals surface area contributed by atoms with Crippen LogP contribution in [0.4, 0.5) is 0 Å². The van der Waals surface area contributed by atoms with E-state index in [0.717, 1.165) is 6.42 Å². The van der Waals surface area contributed by atoms with Crippen molar-refractivity contribution >= 4 is 17.8 Å². The van der Waals surface area contributed by atoms with E-state index in [2.05, 4.69) is 13.5 Å². The van der Waals surface area contributed by atoms with Gasteiger partial charge in [-0.15, -0.1) is 0 Å². The lowest BCUT2D eigenvalue weighted by atomic mass is 9.75. The molecule has 1 aromatic carbocycles. The number of ether oxygens (including phenoxy) is 1. The number of hydrogen-bond donors (Lipinski definition) is 0. The third-order valence-corrected chi connectivity index (χ3v) is 5.25. The van der Waals surface area contributed by atoms with Crippen LogP contribution in [0.15, 0.2) is 54.6 Å². The molecule has 1 heterocycles. The Bertz CT molecular complexity index is 753. The van der Waals surface area contributed by atoms with E-state index in [1.165, 1.54) is 16.5 Å². The van der Waals surface area contributed by atoms with Crippen molar-refractivity contribution in [1.29, 1.82) is 0 Å². The zero-order valence-corrected chi connectivity index (χ0v) is 16.8. The number of allylic oxidation sites excluding steroid dienone is 2. The standard InChI is InChI=1S/C23H29NO4/c1-4-17-28-22(27)23(14-9-11-18(3)5-2)15-10-16-24(21(23)26)20(25)19-12-7-6-8-13-19/h4,6-8,11-13H,1,5,9-10,14-17H2,2-3H3. The van der Waals surface area contributed by atoms with Gasteiger partial charge in [0, 0.05) is 12.1 Å². The van der Waals surface area contributed by atoms with Gasteiger partial charge in [0.05, 0.1) is 0 Å². The first-order valence-corrected chi connectivity index (χ1v) is 9.81. The number of piperidine rings is 1. The summed E-state index contributed by atoms with van der Waals surface area (Å²) in [5.41, 5.74) is 0.318. The Morgan fingerprint density at radius 1 is 1.29 bits per heavy atom. The second kappa shape index (κ2) is 10.0. The summed E-state index contributed by atoms with van der Waals surface area (Å²) in [5, 5.41) is 0. The first kappa shape index (κ1) is 21.6. The predicted molar refractivity (Wildman–Crippen MR) is 109 cm³/mol. The Balaban J connectivity index is 2.31. The summed E-state index contributed by atoms with van der Waals surface area (Å²) in [5.74, 6) is -1.39. The number of esters is 1. The minimum absolute atomic E-state index is 0.0460. The van der Waals surface area contributed by atoms with Crippen LogP contribution in [-0.2, 0) is 14.3 Å². The molecular weight excluding hydrogens is 354 g/mol. The van der Waals surface area contributed by atoms with Gasteiger partial charge in [-0.3, -0.25) is 19.3 Å². The molecule has 5 nitrogen and oxygen atoms in total. The van der Waals surface area contributed by atoms with E-state index in [-0.39, 0.29) is 12.5 Å². The van der Waals surface area contributed by atoms with E-state index in [9.17, 15) is 14.4 Å². The zero-order chi connectivity index (χ0) is 20.6. The van der Waals surface area contributed by atoms with Gasteiger partial charge < -0.3 is 4.74 Å². The minimum atomic E-state index is -1.32. The van der Waals surface area contributed by atoms with Crippen LogP contribution in [0, 0.1) is 5.41 Å². The Morgan fingerprint density at radius 3 is 2.64 bits per heavy atom. The number of likely N-dealkylation sites (tertiary alicyclic amines) is 1. The topological polar surface area (TPSA) is 63.7 Å². The lowest BCUT2D eigenvalue weighted by molar-refractivity contribution is -0.167. The zero-order valence-electron chi connectivity index (χ0n) is 16.8. The number of carbonyl (C=O) groups excluding carboxylic acids is 3. The van der Waals surface area contributed by atoms with Crippen LogP contribution in [0.5, 0.6) is 0 Å². The maximum Gasteiger partial charge on any atom is 0.321 e. The number of rotatable bonds is 8. The highest BCUT2D eigenvalue weighted by molar-refractivity contribution is 6.12. The van der Waals surface area contributed by atoms with Crippen LogP contribution in [0.25, 0.3) is 0 Å². The monoisotopic (exact) mass is 383 g/mol. The number of benzene rings is 1. The van der Waals surface area contributed by atoms with Gasteiger partial charge in [-0.25, -0.2) is 0 Å². The first-order valence-electron chi connectivity index (χ1n) is 9.81. The predicted octanol–water partition coefficient (Wildman–Crippen LogP) is 4.30. The van der Waals surface area contributed by atoms with Gasteiger partial charge in [-0.05, 0) is 51.2 Å². The Morgan fingerprint density at radius 2 is 2.00 bits per heavy atom. The highest BCUT2D eigenvalue weighted by Crippen LogP contribution is 2.38. The molecular formula is C23H29NO4. The normalized spacial score (nSPS) is 20.0. The minimum Gasteiger partial charge on any atom is -0.461 e. The van der Waals surface area contributed by atoms with Crippen LogP contribution in [0.2, 0.25) is 0 Å². The van der Waals surface area contributed by atoms with Gasteiger partial charge in [-0.2, -0.15) is 0 Å². The molecule has 1 aliphatic rings. The fourth-order valence-corrected chi connectivity index (χ4v) is 3.44. The van der Waals surface area contributed by atoms with Crippen molar-refractivity contribution in [2.24, 2.45) is 5.41 Å². The molecule has 1 aliphatic heterocycles. The van der Waals surface area contributed by atoms with Gasteiger partial charge in [0.2, 0.25) is 5.91 Å². The molecule has 1 fully saturated rings. The molecule has 0 spiro atoms. The van der Waals surface area contributed by atoms with Crippen LogP contribution in [0.1, 0.15) is 56.3 Å². The fraction of sp³-hybridized carbons (Fsp3) is 0.435. The van der Waals surface area contributed by atoms with Crippen molar-refractivity contribution in [2.45, 2.75) is 46.0 Å². The smallest absolute Gasteiger partial charge is 0.321 e. The number of amides is 2. The quantitative estimate of drug-likeness (QED) is 0.291. The highest BCUT2D eigenvalue weighted by Gasteiger charge is 2.52. The molecule has 0 saturated carbocycles. The Labute approximate surface area is 167 Å². The summed E-state index contributed by atoms with van der Waals surface area (Å²) in [6, 6.07) is 8.68. The molecule has 1 unspecified atom stereocenters. The van der Waals surface area contributed by atoms with Crippen molar-refractivity contribution in [2.75, 3.05) is 13.2 Å². The van der Waals surface area contributed by atoms with Crippen molar-refractivity contribution in [3.63, 3.8) is 0 Å². The van der Waals surface area contributed by atoms with E-state index in [1.807, 2.05) is 19.1 Å². The van der Waals surface area contributed by atoms with Crippen LogP contribution < -0.4 is 0 Å². The van der Waals surface area contributed by atoms with Crippen molar-refractivity contribution < 1.29 is 19.1 Å². The Hall–Kier alpha value is -2.69. The summed E-state index contributed by atoms with van der Waals surface area (Å²) in [6.07, 6.45) is 6.32. The SMILES string of the molecule is C=CCOC(=O)C1(CCC=C(C)CC)CCCN(C(=O)c2ccccc2)C1=O. The molecule has 0 aromatic heterocycles. The van der Waals surface area contributed by atoms with Crippen LogP contribution in [0.3, 0.4) is 0 Å². The van der Waals surface area contributed by atoms with Crippen molar-refractivity contribution in [3.8, 4) is 0 Å². The molecule has 5 heteroatoms. The van der Waals surface area contributed by atoms with Crippen LogP contribution >= 0.6 is 0 Å². The molecule has 2 rings (SSSR count). The maximum absolute atomic E-state index is 13.4. The molecule has 150 valence electrons. The number of nitrogens with zero attached hydrogens (tertiary/aromatic N) is 1. The van der Waals surface area contributed by atoms with Crippen molar-refractivity contribution in [1.82, 2.24) is 4.90 Å². The van der Waals surface area contributed by atoms with E-state index < -0.39 is 17.3 Å². The van der Waals surface area contributed by atoms with E-state index in [1.54, 1.807) is 24.3 Å². The second-order valence-corrected chi connectivity index (χ2v) is 7.14. The third-order valence-electron chi connectivity index (χ3n) is 5.25. The summed E-state index contributed by atoms with van der Waals surface area (Å²) in [6.45, 7) is 8.01. The number of carbonyl (C=O) groups is 3. The van der Waals surface area contributed by atoms with Gasteiger partial charge >= 0.3 is 5.97 Å². The van der Waals surface area contributed by atoms with Gasteiger partial charge in [0.15, 0.2) is 0 Å². The summed E-state index contributed by atoms with van der Waals surface area (Å²) in [4.78, 5) is 40.4. The highest BCUT2D eigenvalue weighted by atomic mass is 16.5. The lowest BCUT2D eigenvalue weighted by Gasteiger charge is -2.38. The maximum atomic E-state index is 13.4. The Kier molecular flexibility index (Phi) is 7.73. The van der Waals surface area contributed by atoms with Crippen LogP contribution in [-0.4, -0.2) is 35.8 Å². The molecule has 0 radical (unpaired) electrons. The molecule has 1 aromatic rings. The molecule has 0 N–H and O–H groups in total. The average Bonchev–Trinajstić information content (AvgIpc) is 2.73. The summed E-state index contributed by atoms with van der Waals surface area (Å²) < 4.78 is 5.29. The van der Waals surface area contributed by atoms with Crippen molar-refractivity contribution in [3.05, 3.63) is 60.2 Å². The lowest BCUT2D eigenvalue weighted by Crippen LogP contribution is -2.55. The number of hydrogen-bond acceptors (Lipinski definition) is 4. The van der Waals surface area contributed by atoms with E-state index >= 15 is 0 Å². The van der Waals surface area contributed by atoms with Gasteiger partial charge in [0.25, 0.3) is 5.91 Å². The molecule has 2 amide bonds. The third kappa shape index (κ3) is 4.77. The number of imide groups is 1. The molecule has 0 aliphatic carbocycles. The molecule has 0 bridgehead atoms. The summed E-state index contributed by atoms with van der Waals surface area (Å²) >= 11 is 0. The van der Waals surface area contributed by atoms with Gasteiger partial charge in [0.1, 0.15) is 12.0 Å². The second-order valence-electron chi connectivity index (χ2n) is 7.14. The largest absolute Gasteiger partial charge is 0.461 e. The average molecular weight is 383 g/mol.